The molecule has 0 amide bonds. The first-order valence-electron chi connectivity index (χ1n) is 9.68. The van der Waals surface area contributed by atoms with Gasteiger partial charge in [-0.15, -0.1) is 0 Å². The summed E-state index contributed by atoms with van der Waals surface area (Å²) in [7, 11) is 0. The molecular formula is C23H26O4. The van der Waals surface area contributed by atoms with Gasteiger partial charge < -0.3 is 9.47 Å². The van der Waals surface area contributed by atoms with E-state index in [2.05, 4.69) is 6.92 Å². The number of carbonyl (C=O) groups is 2. The molecule has 1 aliphatic carbocycles. The van der Waals surface area contributed by atoms with E-state index in [-0.39, 0.29) is 5.97 Å². The number of hydrogen-bond donors (Lipinski definition) is 0. The van der Waals surface area contributed by atoms with Crippen molar-refractivity contribution in [3.8, 4) is 11.5 Å². The van der Waals surface area contributed by atoms with E-state index >= 15 is 0 Å². The molecular weight excluding hydrogens is 340 g/mol. The van der Waals surface area contributed by atoms with Crippen molar-refractivity contribution in [2.45, 2.75) is 51.9 Å². The van der Waals surface area contributed by atoms with Crippen molar-refractivity contribution in [3.05, 3.63) is 59.7 Å². The number of ether oxygens (including phenoxy) is 2. The van der Waals surface area contributed by atoms with E-state index < -0.39 is 5.97 Å². The molecule has 0 N–H and O–H groups in total. The fourth-order valence-corrected chi connectivity index (χ4v) is 3.43. The molecule has 0 bridgehead atoms. The zero-order chi connectivity index (χ0) is 19.2. The van der Waals surface area contributed by atoms with Crippen LogP contribution in [0.5, 0.6) is 11.5 Å². The number of esters is 2. The Balaban J connectivity index is 1.58. The van der Waals surface area contributed by atoms with Crippen LogP contribution in [0.2, 0.25) is 0 Å². The molecule has 0 aliphatic heterocycles. The van der Waals surface area contributed by atoms with Crippen LogP contribution >= 0.6 is 0 Å². The molecule has 1 aliphatic rings. The van der Waals surface area contributed by atoms with Gasteiger partial charge in [-0.05, 0) is 66.6 Å². The average Bonchev–Trinajstić information content (AvgIpc) is 2.70. The van der Waals surface area contributed by atoms with Crippen molar-refractivity contribution in [2.75, 3.05) is 0 Å². The molecule has 0 saturated heterocycles. The standard InChI is InChI=1S/C23H26O4/c1-3-22(24)26-20-12-14-21(15-13-20)27-23(25)19-10-8-18(9-11-19)17-6-4-16(2)5-7-17/h8-17H,3-7H2,1-2H3. The third kappa shape index (κ3) is 5.19. The maximum atomic E-state index is 12.3. The SMILES string of the molecule is CCC(=O)Oc1ccc(OC(=O)c2ccc(C3CCC(C)CC3)cc2)cc1. The first-order chi connectivity index (χ1) is 13.0. The monoisotopic (exact) mass is 366 g/mol. The summed E-state index contributed by atoms with van der Waals surface area (Å²) in [6, 6.07) is 14.2. The first kappa shape index (κ1) is 19.2. The van der Waals surface area contributed by atoms with Gasteiger partial charge in [-0.3, -0.25) is 4.79 Å². The lowest BCUT2D eigenvalue weighted by molar-refractivity contribution is -0.134. The summed E-state index contributed by atoms with van der Waals surface area (Å²) in [4.78, 5) is 23.6. The quantitative estimate of drug-likeness (QED) is 0.517. The maximum absolute atomic E-state index is 12.3. The van der Waals surface area contributed by atoms with Crippen LogP contribution in [0.25, 0.3) is 0 Å². The Bertz CT molecular complexity index is 769. The molecule has 1 fully saturated rings. The van der Waals surface area contributed by atoms with Crippen LogP contribution in [0.4, 0.5) is 0 Å². The molecule has 3 rings (SSSR count). The molecule has 4 heteroatoms. The molecule has 0 aromatic heterocycles. The second-order valence-corrected chi connectivity index (χ2v) is 7.27. The highest BCUT2D eigenvalue weighted by atomic mass is 16.5. The minimum atomic E-state index is -0.392. The molecule has 0 spiro atoms. The Morgan fingerprint density at radius 2 is 1.41 bits per heavy atom. The van der Waals surface area contributed by atoms with Gasteiger partial charge >= 0.3 is 11.9 Å². The Labute approximate surface area is 160 Å². The van der Waals surface area contributed by atoms with Gasteiger partial charge in [0.25, 0.3) is 0 Å². The predicted octanol–water partition coefficient (Wildman–Crippen LogP) is 5.51. The zero-order valence-electron chi connectivity index (χ0n) is 15.9. The summed E-state index contributed by atoms with van der Waals surface area (Å²) < 4.78 is 10.5. The highest BCUT2D eigenvalue weighted by Crippen LogP contribution is 2.35. The molecule has 2 aromatic rings. The second-order valence-electron chi connectivity index (χ2n) is 7.27. The second kappa shape index (κ2) is 8.85. The summed E-state index contributed by atoms with van der Waals surface area (Å²) in [6.45, 7) is 4.05. The summed E-state index contributed by atoms with van der Waals surface area (Å²) in [5.74, 6) is 1.59. The molecule has 142 valence electrons. The van der Waals surface area contributed by atoms with E-state index in [1.807, 2.05) is 24.3 Å². The maximum Gasteiger partial charge on any atom is 0.343 e. The van der Waals surface area contributed by atoms with Gasteiger partial charge in [-0.25, -0.2) is 4.79 Å². The highest BCUT2D eigenvalue weighted by molar-refractivity contribution is 5.91. The van der Waals surface area contributed by atoms with E-state index in [4.69, 9.17) is 9.47 Å². The van der Waals surface area contributed by atoms with Gasteiger partial charge in [0, 0.05) is 6.42 Å². The molecule has 2 aromatic carbocycles. The van der Waals surface area contributed by atoms with Crippen molar-refractivity contribution >= 4 is 11.9 Å². The van der Waals surface area contributed by atoms with Crippen LogP contribution in [0, 0.1) is 5.92 Å². The Morgan fingerprint density at radius 3 is 1.96 bits per heavy atom. The third-order valence-corrected chi connectivity index (χ3v) is 5.19. The van der Waals surface area contributed by atoms with Gasteiger partial charge in [-0.1, -0.05) is 38.8 Å². The lowest BCUT2D eigenvalue weighted by Crippen LogP contribution is -2.12. The van der Waals surface area contributed by atoms with Crippen LogP contribution in [0.3, 0.4) is 0 Å². The summed E-state index contributed by atoms with van der Waals surface area (Å²) in [6.07, 6.45) is 5.31. The molecule has 0 unspecified atom stereocenters. The Hall–Kier alpha value is -2.62. The van der Waals surface area contributed by atoms with Crippen LogP contribution in [-0.4, -0.2) is 11.9 Å². The third-order valence-electron chi connectivity index (χ3n) is 5.19. The van der Waals surface area contributed by atoms with Crippen LogP contribution in [0.1, 0.15) is 67.8 Å². The molecule has 0 heterocycles. The molecule has 0 atom stereocenters. The van der Waals surface area contributed by atoms with E-state index in [0.717, 1.165) is 5.92 Å². The van der Waals surface area contributed by atoms with Gasteiger partial charge in [0.2, 0.25) is 0 Å². The molecule has 27 heavy (non-hydrogen) atoms. The van der Waals surface area contributed by atoms with E-state index in [1.165, 1.54) is 31.2 Å². The lowest BCUT2D eigenvalue weighted by atomic mass is 9.79. The lowest BCUT2D eigenvalue weighted by Gasteiger charge is -2.26. The largest absolute Gasteiger partial charge is 0.427 e. The topological polar surface area (TPSA) is 52.6 Å². The molecule has 1 saturated carbocycles. The first-order valence-corrected chi connectivity index (χ1v) is 9.68. The van der Waals surface area contributed by atoms with Crippen LogP contribution in [-0.2, 0) is 4.79 Å². The minimum Gasteiger partial charge on any atom is -0.427 e. The summed E-state index contributed by atoms with van der Waals surface area (Å²) >= 11 is 0. The van der Waals surface area contributed by atoms with Gasteiger partial charge in [0.05, 0.1) is 5.56 Å². The Kier molecular flexibility index (Phi) is 6.28. The molecule has 4 nitrogen and oxygen atoms in total. The van der Waals surface area contributed by atoms with Crippen molar-refractivity contribution in [2.24, 2.45) is 5.92 Å². The average molecular weight is 366 g/mol. The van der Waals surface area contributed by atoms with Crippen molar-refractivity contribution in [3.63, 3.8) is 0 Å². The van der Waals surface area contributed by atoms with Crippen LogP contribution in [0.15, 0.2) is 48.5 Å². The summed E-state index contributed by atoms with van der Waals surface area (Å²) in [5, 5.41) is 0. The fourth-order valence-electron chi connectivity index (χ4n) is 3.43. The minimum absolute atomic E-state index is 0.299. The fraction of sp³-hybridized carbons (Fsp3) is 0.391. The number of hydrogen-bond acceptors (Lipinski definition) is 4. The Morgan fingerprint density at radius 1 is 0.852 bits per heavy atom. The van der Waals surface area contributed by atoms with Crippen molar-refractivity contribution in [1.82, 2.24) is 0 Å². The smallest absolute Gasteiger partial charge is 0.343 e. The van der Waals surface area contributed by atoms with Crippen molar-refractivity contribution < 1.29 is 19.1 Å². The predicted molar refractivity (Wildman–Crippen MR) is 104 cm³/mol. The normalized spacial score (nSPS) is 19.3. The van der Waals surface area contributed by atoms with E-state index in [0.29, 0.717) is 29.4 Å². The number of benzene rings is 2. The van der Waals surface area contributed by atoms with Gasteiger partial charge in [-0.2, -0.15) is 0 Å². The number of rotatable bonds is 5. The number of carbonyl (C=O) groups excluding carboxylic acids is 2. The van der Waals surface area contributed by atoms with E-state index in [9.17, 15) is 9.59 Å². The zero-order valence-corrected chi connectivity index (χ0v) is 15.9. The summed E-state index contributed by atoms with van der Waals surface area (Å²) in [5.41, 5.74) is 1.84. The van der Waals surface area contributed by atoms with Crippen molar-refractivity contribution in [1.29, 1.82) is 0 Å². The van der Waals surface area contributed by atoms with Gasteiger partial charge in [0.1, 0.15) is 11.5 Å². The van der Waals surface area contributed by atoms with Crippen LogP contribution < -0.4 is 9.47 Å². The van der Waals surface area contributed by atoms with E-state index in [1.54, 1.807) is 31.2 Å². The van der Waals surface area contributed by atoms with Gasteiger partial charge in [0.15, 0.2) is 0 Å². The molecule has 0 radical (unpaired) electrons. The highest BCUT2D eigenvalue weighted by Gasteiger charge is 2.20.